The van der Waals surface area contributed by atoms with Crippen LogP contribution in [0.2, 0.25) is 0 Å². The minimum atomic E-state index is 0.561. The Morgan fingerprint density at radius 1 is 1.57 bits per heavy atom. The molecule has 0 unspecified atom stereocenters. The first kappa shape index (κ1) is 8.96. The van der Waals surface area contributed by atoms with E-state index in [1.807, 2.05) is 13.1 Å². The highest BCUT2D eigenvalue weighted by Crippen LogP contribution is 2.23. The average molecular weight is 192 g/mol. The number of hydrogen-bond acceptors (Lipinski definition) is 5. The molecule has 0 spiro atoms. The Morgan fingerprint density at radius 2 is 2.43 bits per heavy atom. The summed E-state index contributed by atoms with van der Waals surface area (Å²) in [5.74, 6) is 0. The van der Waals surface area contributed by atoms with Crippen LogP contribution in [0, 0.1) is 0 Å². The maximum Gasteiger partial charge on any atom is 0.259 e. The number of nitrogens with zero attached hydrogens (tertiary/aromatic N) is 3. The van der Waals surface area contributed by atoms with Gasteiger partial charge in [0, 0.05) is 26.3 Å². The van der Waals surface area contributed by atoms with E-state index in [0.717, 1.165) is 17.6 Å². The summed E-state index contributed by atoms with van der Waals surface area (Å²) in [6.45, 7) is 1.41. The van der Waals surface area contributed by atoms with Crippen molar-refractivity contribution in [1.29, 1.82) is 0 Å². The van der Waals surface area contributed by atoms with Crippen molar-refractivity contribution in [1.82, 2.24) is 10.1 Å². The van der Waals surface area contributed by atoms with Gasteiger partial charge in [-0.05, 0) is 6.07 Å². The van der Waals surface area contributed by atoms with Crippen molar-refractivity contribution in [3.63, 3.8) is 0 Å². The van der Waals surface area contributed by atoms with Crippen LogP contribution in [0.15, 0.2) is 23.0 Å². The van der Waals surface area contributed by atoms with Crippen molar-refractivity contribution in [2.75, 3.05) is 25.0 Å². The summed E-state index contributed by atoms with van der Waals surface area (Å²) < 4.78 is 4.97. The van der Waals surface area contributed by atoms with Gasteiger partial charge in [0.15, 0.2) is 0 Å². The van der Waals surface area contributed by atoms with Crippen LogP contribution < -0.4 is 10.6 Å². The minimum Gasteiger partial charge on any atom is -0.373 e. The highest BCUT2D eigenvalue weighted by atomic mass is 16.5. The molecule has 74 valence electrons. The van der Waals surface area contributed by atoms with Crippen LogP contribution in [0.1, 0.15) is 0 Å². The second kappa shape index (κ2) is 3.63. The Bertz CT molecular complexity index is 425. The van der Waals surface area contributed by atoms with E-state index in [-0.39, 0.29) is 0 Å². The number of fused-ring (bicyclic) bond motifs is 1. The normalized spacial score (nSPS) is 10.7. The first-order chi connectivity index (χ1) is 6.83. The molecule has 0 saturated heterocycles. The summed E-state index contributed by atoms with van der Waals surface area (Å²) in [5.41, 5.74) is 7.09. The quantitative estimate of drug-likeness (QED) is 0.772. The fourth-order valence-electron chi connectivity index (χ4n) is 1.41. The number of likely N-dealkylation sites (N-methyl/N-ethyl adjacent to an activating group) is 1. The zero-order valence-electron chi connectivity index (χ0n) is 7.97. The fourth-order valence-corrected chi connectivity index (χ4v) is 1.41. The zero-order valence-corrected chi connectivity index (χ0v) is 7.97. The molecule has 0 atom stereocenters. The van der Waals surface area contributed by atoms with Crippen LogP contribution >= 0.6 is 0 Å². The Morgan fingerprint density at radius 3 is 3.21 bits per heavy atom. The van der Waals surface area contributed by atoms with Crippen molar-refractivity contribution >= 4 is 16.8 Å². The maximum atomic E-state index is 5.49. The molecule has 14 heavy (non-hydrogen) atoms. The lowest BCUT2D eigenvalue weighted by Crippen LogP contribution is -2.25. The van der Waals surface area contributed by atoms with Gasteiger partial charge in [-0.25, -0.2) is 4.98 Å². The van der Waals surface area contributed by atoms with Crippen molar-refractivity contribution in [3.8, 4) is 0 Å². The molecule has 2 aromatic rings. The second-order valence-electron chi connectivity index (χ2n) is 3.08. The Kier molecular flexibility index (Phi) is 2.32. The SMILES string of the molecule is CN(CCN)c1ccnc2oncc12. The molecule has 2 rings (SSSR count). The molecule has 0 aromatic carbocycles. The molecule has 0 amide bonds. The molecule has 0 aliphatic heterocycles. The number of anilines is 1. The highest BCUT2D eigenvalue weighted by Gasteiger charge is 2.08. The molecular formula is C9H12N4O. The lowest BCUT2D eigenvalue weighted by molar-refractivity contribution is 0.448. The second-order valence-corrected chi connectivity index (χ2v) is 3.08. The van der Waals surface area contributed by atoms with Crippen LogP contribution in [0.3, 0.4) is 0 Å². The van der Waals surface area contributed by atoms with E-state index in [9.17, 15) is 0 Å². The van der Waals surface area contributed by atoms with Gasteiger partial charge >= 0.3 is 0 Å². The lowest BCUT2D eigenvalue weighted by atomic mass is 10.3. The van der Waals surface area contributed by atoms with E-state index in [1.165, 1.54) is 0 Å². The summed E-state index contributed by atoms with van der Waals surface area (Å²) >= 11 is 0. The third kappa shape index (κ3) is 1.42. The molecule has 0 aliphatic carbocycles. The highest BCUT2D eigenvalue weighted by molar-refractivity contribution is 5.87. The molecule has 0 radical (unpaired) electrons. The standard InChI is InChI=1S/C9H12N4O/c1-13(5-3-10)8-2-4-11-9-7(8)6-12-14-9/h2,4,6H,3,5,10H2,1H3. The summed E-state index contributed by atoms with van der Waals surface area (Å²) in [7, 11) is 1.98. The monoisotopic (exact) mass is 192 g/mol. The van der Waals surface area contributed by atoms with Gasteiger partial charge in [-0.2, -0.15) is 0 Å². The average Bonchev–Trinajstić information content (AvgIpc) is 2.65. The van der Waals surface area contributed by atoms with Gasteiger partial charge in [0.1, 0.15) is 0 Å². The number of aromatic nitrogens is 2. The smallest absolute Gasteiger partial charge is 0.259 e. The largest absolute Gasteiger partial charge is 0.373 e. The van der Waals surface area contributed by atoms with Crippen LogP contribution in [-0.4, -0.2) is 30.3 Å². The summed E-state index contributed by atoms with van der Waals surface area (Å²) in [6.07, 6.45) is 3.38. The molecule has 2 heterocycles. The fraction of sp³-hybridized carbons (Fsp3) is 0.333. The van der Waals surface area contributed by atoms with E-state index in [0.29, 0.717) is 12.3 Å². The first-order valence-corrected chi connectivity index (χ1v) is 4.43. The van der Waals surface area contributed by atoms with Crippen LogP contribution in [-0.2, 0) is 0 Å². The summed E-state index contributed by atoms with van der Waals surface area (Å²) in [5, 5.41) is 4.63. The van der Waals surface area contributed by atoms with Crippen LogP contribution in [0.5, 0.6) is 0 Å². The minimum absolute atomic E-state index is 0.561. The molecular weight excluding hydrogens is 180 g/mol. The number of nitrogens with two attached hydrogens (primary N) is 1. The van der Waals surface area contributed by atoms with E-state index in [1.54, 1.807) is 12.4 Å². The zero-order chi connectivity index (χ0) is 9.97. The topological polar surface area (TPSA) is 68.2 Å². The molecule has 2 aromatic heterocycles. The Labute approximate surface area is 81.5 Å². The van der Waals surface area contributed by atoms with E-state index in [4.69, 9.17) is 10.3 Å². The number of hydrogen-bond donors (Lipinski definition) is 1. The van der Waals surface area contributed by atoms with Gasteiger partial charge in [-0.15, -0.1) is 0 Å². The lowest BCUT2D eigenvalue weighted by Gasteiger charge is -2.17. The van der Waals surface area contributed by atoms with Crippen LogP contribution in [0.4, 0.5) is 5.69 Å². The van der Waals surface area contributed by atoms with E-state index >= 15 is 0 Å². The summed E-state index contributed by atoms with van der Waals surface area (Å²) in [6, 6.07) is 1.93. The summed E-state index contributed by atoms with van der Waals surface area (Å²) in [4.78, 5) is 6.11. The van der Waals surface area contributed by atoms with Gasteiger partial charge in [-0.1, -0.05) is 5.16 Å². The van der Waals surface area contributed by atoms with Crippen molar-refractivity contribution in [2.24, 2.45) is 5.73 Å². The molecule has 0 saturated carbocycles. The molecule has 0 fully saturated rings. The first-order valence-electron chi connectivity index (χ1n) is 4.43. The van der Waals surface area contributed by atoms with Crippen molar-refractivity contribution < 1.29 is 4.52 Å². The third-order valence-electron chi connectivity index (χ3n) is 2.13. The predicted molar refractivity (Wildman–Crippen MR) is 54.1 cm³/mol. The van der Waals surface area contributed by atoms with Gasteiger partial charge in [0.05, 0.1) is 17.3 Å². The number of pyridine rings is 1. The molecule has 2 N–H and O–H groups in total. The van der Waals surface area contributed by atoms with E-state index < -0.39 is 0 Å². The van der Waals surface area contributed by atoms with E-state index in [2.05, 4.69) is 15.0 Å². The van der Waals surface area contributed by atoms with Gasteiger partial charge in [0.2, 0.25) is 0 Å². The van der Waals surface area contributed by atoms with Gasteiger partial charge in [0.25, 0.3) is 5.71 Å². The molecule has 0 bridgehead atoms. The third-order valence-corrected chi connectivity index (χ3v) is 2.13. The molecule has 0 aliphatic rings. The van der Waals surface area contributed by atoms with Crippen molar-refractivity contribution in [3.05, 3.63) is 18.5 Å². The molecule has 5 heteroatoms. The predicted octanol–water partition coefficient (Wildman–Crippen LogP) is 0.618. The maximum absolute atomic E-state index is 5.49. The van der Waals surface area contributed by atoms with Crippen LogP contribution in [0.25, 0.3) is 11.1 Å². The molecule has 5 nitrogen and oxygen atoms in total. The Hall–Kier alpha value is -1.62. The number of rotatable bonds is 3. The van der Waals surface area contributed by atoms with Gasteiger partial charge in [-0.3, -0.25) is 0 Å². The van der Waals surface area contributed by atoms with Gasteiger partial charge < -0.3 is 15.2 Å². The van der Waals surface area contributed by atoms with Crippen molar-refractivity contribution in [2.45, 2.75) is 0 Å². The Balaban J connectivity index is 2.45.